The van der Waals surface area contributed by atoms with E-state index in [1.807, 2.05) is 106 Å². The third kappa shape index (κ3) is 9.54. The Balaban J connectivity index is 1.51. The molecule has 4 amide bonds. The standard InChI is InChI=1S/C37H45N5O4/c1-37(2,3)36(46)38-22-14-13-21-31(40-33(43)29-24-39-30-20-12-11-19-28(29)30)34(44)41-32(23-26-15-7-5-8-16-26)35(45)42(4)25-27-17-9-6-10-18-27/h5-12,15-20,24,31-32,39H,13-14,21-23,25H2,1-4H3,(H,38,46)(H,40,43)(H,41,44)/t31?,32-/m1/s1. The van der Waals surface area contributed by atoms with Crippen molar-refractivity contribution in [3.05, 3.63) is 108 Å². The van der Waals surface area contributed by atoms with Gasteiger partial charge in [-0.15, -0.1) is 0 Å². The van der Waals surface area contributed by atoms with Crippen LogP contribution in [0.25, 0.3) is 10.9 Å². The minimum Gasteiger partial charge on any atom is -0.360 e. The number of unbranched alkanes of at least 4 members (excludes halogenated alkanes) is 1. The Bertz CT molecular complexity index is 1610. The largest absolute Gasteiger partial charge is 0.360 e. The summed E-state index contributed by atoms with van der Waals surface area (Å²) < 4.78 is 0. The van der Waals surface area contributed by atoms with Crippen LogP contribution in [0, 0.1) is 5.41 Å². The molecule has 0 fully saturated rings. The molecule has 1 aromatic heterocycles. The van der Waals surface area contributed by atoms with Crippen LogP contribution in [-0.4, -0.2) is 59.2 Å². The molecule has 4 rings (SSSR count). The highest BCUT2D eigenvalue weighted by Gasteiger charge is 2.29. The first-order valence-electron chi connectivity index (χ1n) is 15.8. The molecule has 0 radical (unpaired) electrons. The zero-order chi connectivity index (χ0) is 33.1. The molecule has 0 saturated heterocycles. The minimum atomic E-state index is -0.898. The molecule has 2 atom stereocenters. The summed E-state index contributed by atoms with van der Waals surface area (Å²) >= 11 is 0. The molecule has 4 N–H and O–H groups in total. The van der Waals surface area contributed by atoms with Gasteiger partial charge in [-0.3, -0.25) is 19.2 Å². The summed E-state index contributed by atoms with van der Waals surface area (Å²) in [5.74, 6) is -1.09. The maximum atomic E-state index is 13.9. The van der Waals surface area contributed by atoms with E-state index in [2.05, 4.69) is 20.9 Å². The average Bonchev–Trinajstić information content (AvgIpc) is 3.48. The molecule has 0 aliphatic carbocycles. The summed E-state index contributed by atoms with van der Waals surface area (Å²) in [6, 6.07) is 25.0. The molecule has 4 aromatic rings. The SMILES string of the molecule is CN(Cc1ccccc1)C(=O)[C@@H](Cc1ccccc1)NC(=O)C(CCCCNC(=O)C(C)(C)C)NC(=O)c1c[nH]c2ccccc12. The quantitative estimate of drug-likeness (QED) is 0.148. The van der Waals surface area contributed by atoms with E-state index in [1.54, 1.807) is 18.1 Å². The fourth-order valence-corrected chi connectivity index (χ4v) is 5.23. The topological polar surface area (TPSA) is 123 Å². The Morgan fingerprint density at radius 2 is 1.41 bits per heavy atom. The molecule has 0 saturated carbocycles. The van der Waals surface area contributed by atoms with E-state index in [0.29, 0.717) is 44.3 Å². The van der Waals surface area contributed by atoms with Crippen LogP contribution in [0.15, 0.2) is 91.1 Å². The van der Waals surface area contributed by atoms with Crippen molar-refractivity contribution in [2.45, 2.75) is 65.1 Å². The lowest BCUT2D eigenvalue weighted by molar-refractivity contribution is -0.136. The number of carbonyl (C=O) groups excluding carboxylic acids is 4. The predicted molar refractivity (Wildman–Crippen MR) is 181 cm³/mol. The van der Waals surface area contributed by atoms with Gasteiger partial charge in [0.25, 0.3) is 5.91 Å². The summed E-state index contributed by atoms with van der Waals surface area (Å²) in [5, 5.41) is 9.59. The maximum Gasteiger partial charge on any atom is 0.254 e. The summed E-state index contributed by atoms with van der Waals surface area (Å²) in [5.41, 5.74) is 2.64. The van der Waals surface area contributed by atoms with Crippen LogP contribution in [0.1, 0.15) is 61.5 Å². The van der Waals surface area contributed by atoms with Gasteiger partial charge < -0.3 is 25.8 Å². The number of aromatic amines is 1. The van der Waals surface area contributed by atoms with Crippen molar-refractivity contribution >= 4 is 34.5 Å². The number of para-hydroxylation sites is 1. The van der Waals surface area contributed by atoms with E-state index in [4.69, 9.17) is 0 Å². The first kappa shape index (κ1) is 34.0. The van der Waals surface area contributed by atoms with E-state index >= 15 is 0 Å². The van der Waals surface area contributed by atoms with Gasteiger partial charge in [0.1, 0.15) is 12.1 Å². The van der Waals surface area contributed by atoms with E-state index in [-0.39, 0.29) is 17.7 Å². The number of rotatable bonds is 14. The van der Waals surface area contributed by atoms with Gasteiger partial charge in [0.05, 0.1) is 5.56 Å². The maximum absolute atomic E-state index is 13.9. The Morgan fingerprint density at radius 1 is 0.783 bits per heavy atom. The summed E-state index contributed by atoms with van der Waals surface area (Å²) in [7, 11) is 1.72. The van der Waals surface area contributed by atoms with Crippen LogP contribution >= 0.6 is 0 Å². The normalized spacial score (nSPS) is 12.6. The Morgan fingerprint density at radius 3 is 2.09 bits per heavy atom. The summed E-state index contributed by atoms with van der Waals surface area (Å²) in [6.07, 6.45) is 3.46. The molecule has 1 heterocycles. The van der Waals surface area contributed by atoms with Gasteiger partial charge in [-0.1, -0.05) is 99.6 Å². The molecule has 242 valence electrons. The highest BCUT2D eigenvalue weighted by molar-refractivity contribution is 6.08. The van der Waals surface area contributed by atoms with Crippen LogP contribution in [-0.2, 0) is 27.3 Å². The molecule has 0 aliphatic heterocycles. The summed E-state index contributed by atoms with van der Waals surface area (Å²) in [4.78, 5) is 58.2. The second-order valence-corrected chi connectivity index (χ2v) is 12.7. The van der Waals surface area contributed by atoms with Crippen molar-refractivity contribution in [2.24, 2.45) is 5.41 Å². The van der Waals surface area contributed by atoms with E-state index in [0.717, 1.165) is 22.0 Å². The number of aromatic nitrogens is 1. The second kappa shape index (κ2) is 15.9. The molecule has 1 unspecified atom stereocenters. The molecule has 46 heavy (non-hydrogen) atoms. The van der Waals surface area contributed by atoms with Crippen LogP contribution in [0.4, 0.5) is 0 Å². The number of nitrogens with zero attached hydrogens (tertiary/aromatic N) is 1. The number of fused-ring (bicyclic) bond motifs is 1. The molecular formula is C37H45N5O4. The lowest BCUT2D eigenvalue weighted by Crippen LogP contribution is -2.54. The average molecular weight is 624 g/mol. The first-order valence-corrected chi connectivity index (χ1v) is 15.8. The number of H-pyrrole nitrogens is 1. The van der Waals surface area contributed by atoms with E-state index < -0.39 is 23.4 Å². The molecule has 9 nitrogen and oxygen atoms in total. The molecule has 0 bridgehead atoms. The number of carbonyl (C=O) groups is 4. The lowest BCUT2D eigenvalue weighted by Gasteiger charge is -2.27. The van der Waals surface area contributed by atoms with Gasteiger partial charge >= 0.3 is 0 Å². The lowest BCUT2D eigenvalue weighted by atomic mass is 9.95. The summed E-state index contributed by atoms with van der Waals surface area (Å²) in [6.45, 7) is 6.41. The van der Waals surface area contributed by atoms with Gasteiger partial charge in [0, 0.05) is 49.1 Å². The number of nitrogens with one attached hydrogen (secondary N) is 4. The van der Waals surface area contributed by atoms with E-state index in [1.165, 1.54) is 0 Å². The number of hydrogen-bond donors (Lipinski definition) is 4. The number of amides is 4. The van der Waals surface area contributed by atoms with E-state index in [9.17, 15) is 19.2 Å². The molecule has 3 aromatic carbocycles. The van der Waals surface area contributed by atoms with Crippen LogP contribution in [0.3, 0.4) is 0 Å². The number of likely N-dealkylation sites (N-methyl/N-ethyl adjacent to an activating group) is 1. The fraction of sp³-hybridized carbons (Fsp3) is 0.351. The molecular weight excluding hydrogens is 578 g/mol. The zero-order valence-corrected chi connectivity index (χ0v) is 27.1. The van der Waals surface area contributed by atoms with Crippen LogP contribution < -0.4 is 16.0 Å². The third-order valence-corrected chi connectivity index (χ3v) is 7.88. The molecule has 0 spiro atoms. The van der Waals surface area contributed by atoms with Gasteiger partial charge in [-0.2, -0.15) is 0 Å². The van der Waals surface area contributed by atoms with Gasteiger partial charge in [0.15, 0.2) is 0 Å². The predicted octanol–water partition coefficient (Wildman–Crippen LogP) is 4.99. The van der Waals surface area contributed by atoms with Gasteiger partial charge in [0.2, 0.25) is 17.7 Å². The molecule has 0 aliphatic rings. The zero-order valence-electron chi connectivity index (χ0n) is 27.1. The fourth-order valence-electron chi connectivity index (χ4n) is 5.23. The van der Waals surface area contributed by atoms with Crippen molar-refractivity contribution in [3.63, 3.8) is 0 Å². The number of benzene rings is 3. The van der Waals surface area contributed by atoms with Crippen molar-refractivity contribution in [3.8, 4) is 0 Å². The van der Waals surface area contributed by atoms with Gasteiger partial charge in [-0.25, -0.2) is 0 Å². The van der Waals surface area contributed by atoms with Crippen molar-refractivity contribution < 1.29 is 19.2 Å². The van der Waals surface area contributed by atoms with Gasteiger partial charge in [-0.05, 0) is 36.5 Å². The van der Waals surface area contributed by atoms with Crippen molar-refractivity contribution in [1.82, 2.24) is 25.8 Å². The van der Waals surface area contributed by atoms with Crippen LogP contribution in [0.2, 0.25) is 0 Å². The highest BCUT2D eigenvalue weighted by atomic mass is 16.2. The third-order valence-electron chi connectivity index (χ3n) is 7.88. The first-order chi connectivity index (χ1) is 22.0. The second-order valence-electron chi connectivity index (χ2n) is 12.7. The Hall–Kier alpha value is -4.92. The number of hydrogen-bond acceptors (Lipinski definition) is 4. The smallest absolute Gasteiger partial charge is 0.254 e. The van der Waals surface area contributed by atoms with Crippen molar-refractivity contribution in [2.75, 3.05) is 13.6 Å². The highest BCUT2D eigenvalue weighted by Crippen LogP contribution is 2.18. The Kier molecular flexibility index (Phi) is 11.7. The Labute approximate surface area is 271 Å². The van der Waals surface area contributed by atoms with Crippen molar-refractivity contribution in [1.29, 1.82) is 0 Å². The molecule has 9 heteroatoms. The minimum absolute atomic E-state index is 0.0451. The monoisotopic (exact) mass is 623 g/mol. The van der Waals surface area contributed by atoms with Crippen LogP contribution in [0.5, 0.6) is 0 Å².